The Morgan fingerprint density at radius 1 is 0.738 bits per heavy atom. The average molecular weight is 603 g/mol. The number of aryl methyl sites for hydroxylation is 4. The Hall–Kier alpha value is -4.43. The lowest BCUT2D eigenvalue weighted by atomic mass is 10.1. The molecule has 3 heterocycles. The van der Waals surface area contributed by atoms with Crippen LogP contribution in [0.4, 0.5) is 32.0 Å². The minimum atomic E-state index is -5.08. The zero-order valence-electron chi connectivity index (χ0n) is 23.0. The van der Waals surface area contributed by atoms with Gasteiger partial charge in [0.2, 0.25) is 0 Å². The third kappa shape index (κ3) is 9.59. The van der Waals surface area contributed by atoms with E-state index >= 15 is 0 Å². The third-order valence-corrected chi connectivity index (χ3v) is 5.87. The maximum atomic E-state index is 13.2. The smallest absolute Gasteiger partial charge is 0.475 e. The van der Waals surface area contributed by atoms with Crippen molar-refractivity contribution in [2.24, 2.45) is 0 Å². The molecule has 1 fully saturated rings. The summed E-state index contributed by atoms with van der Waals surface area (Å²) in [5.41, 5.74) is 6.87. The fourth-order valence-electron chi connectivity index (χ4n) is 3.94. The Labute approximate surface area is 236 Å². The number of piperazine rings is 1. The summed E-state index contributed by atoms with van der Waals surface area (Å²) < 4.78 is 63.5. The van der Waals surface area contributed by atoms with Crippen LogP contribution in [0, 0.1) is 27.7 Å². The molecule has 1 aliphatic rings. The van der Waals surface area contributed by atoms with E-state index < -0.39 is 24.3 Å². The SMILES string of the molecule is Cc1ccc2nc(C)c(C(=O)N3CCN(c4cc(C)nc(C)c4)CC3)cc2c1.O=C(O)C(F)(F)F.O=C(O)C(F)(F)F. The van der Waals surface area contributed by atoms with Crippen LogP contribution in [-0.4, -0.2) is 81.5 Å². The molecule has 0 unspecified atom stereocenters. The highest BCUT2D eigenvalue weighted by molar-refractivity contribution is 5.98. The molecule has 0 spiro atoms. The number of aliphatic carboxylic acids is 2. The van der Waals surface area contributed by atoms with E-state index in [1.165, 1.54) is 11.3 Å². The highest BCUT2D eigenvalue weighted by atomic mass is 19.4. The molecule has 9 nitrogen and oxygen atoms in total. The fraction of sp³-hybridized carbons (Fsp3) is 0.370. The number of carbonyl (C=O) groups excluding carboxylic acids is 1. The highest BCUT2D eigenvalue weighted by Crippen LogP contribution is 2.22. The number of halogens is 6. The van der Waals surface area contributed by atoms with Gasteiger partial charge in [0, 0.05) is 48.6 Å². The van der Waals surface area contributed by atoms with E-state index in [0.717, 1.165) is 41.1 Å². The van der Waals surface area contributed by atoms with Gasteiger partial charge < -0.3 is 20.0 Å². The first-order valence-corrected chi connectivity index (χ1v) is 12.3. The highest BCUT2D eigenvalue weighted by Gasteiger charge is 2.38. The molecular weight excluding hydrogens is 574 g/mol. The molecule has 2 aromatic heterocycles. The fourth-order valence-corrected chi connectivity index (χ4v) is 3.94. The summed E-state index contributed by atoms with van der Waals surface area (Å²) in [6.45, 7) is 11.1. The van der Waals surface area contributed by atoms with E-state index in [4.69, 9.17) is 19.8 Å². The molecule has 1 amide bonds. The summed E-state index contributed by atoms with van der Waals surface area (Å²) in [6, 6.07) is 12.4. The number of nitrogens with zero attached hydrogens (tertiary/aromatic N) is 4. The number of fused-ring (bicyclic) bond motifs is 1. The number of carboxylic acids is 2. The van der Waals surface area contributed by atoms with Crippen LogP contribution in [-0.2, 0) is 9.59 Å². The van der Waals surface area contributed by atoms with E-state index in [0.29, 0.717) is 18.7 Å². The van der Waals surface area contributed by atoms with Crippen molar-refractivity contribution < 1.29 is 50.9 Å². The van der Waals surface area contributed by atoms with Gasteiger partial charge in [0.05, 0.1) is 16.8 Å². The molecule has 15 heteroatoms. The molecule has 4 rings (SSSR count). The quantitative estimate of drug-likeness (QED) is 0.389. The summed E-state index contributed by atoms with van der Waals surface area (Å²) >= 11 is 0. The molecule has 2 N–H and O–H groups in total. The van der Waals surface area contributed by atoms with Gasteiger partial charge in [-0.05, 0) is 58.0 Å². The number of hydrogen-bond acceptors (Lipinski definition) is 6. The molecule has 1 aliphatic heterocycles. The lowest BCUT2D eigenvalue weighted by molar-refractivity contribution is -0.193. The molecule has 228 valence electrons. The van der Waals surface area contributed by atoms with Gasteiger partial charge in [0.25, 0.3) is 5.91 Å². The molecule has 0 bridgehead atoms. The summed E-state index contributed by atoms with van der Waals surface area (Å²) in [5, 5.41) is 15.3. The molecule has 1 aromatic carbocycles. The topological polar surface area (TPSA) is 124 Å². The average Bonchev–Trinajstić information content (AvgIpc) is 2.87. The molecule has 1 saturated heterocycles. The minimum absolute atomic E-state index is 0.0788. The van der Waals surface area contributed by atoms with Crippen LogP contribution in [0.25, 0.3) is 10.9 Å². The lowest BCUT2D eigenvalue weighted by Crippen LogP contribution is -2.49. The van der Waals surface area contributed by atoms with Gasteiger partial charge >= 0.3 is 24.3 Å². The second kappa shape index (κ2) is 13.5. The van der Waals surface area contributed by atoms with Gasteiger partial charge in [-0.2, -0.15) is 26.3 Å². The van der Waals surface area contributed by atoms with Crippen molar-refractivity contribution in [1.29, 1.82) is 0 Å². The van der Waals surface area contributed by atoms with Crippen molar-refractivity contribution >= 4 is 34.4 Å². The van der Waals surface area contributed by atoms with E-state index in [1.54, 1.807) is 0 Å². The largest absolute Gasteiger partial charge is 0.490 e. The maximum Gasteiger partial charge on any atom is 0.490 e. The number of pyridine rings is 2. The van der Waals surface area contributed by atoms with Crippen LogP contribution in [0.15, 0.2) is 36.4 Å². The second-order valence-corrected chi connectivity index (χ2v) is 9.31. The lowest BCUT2D eigenvalue weighted by Gasteiger charge is -2.36. The van der Waals surface area contributed by atoms with Crippen LogP contribution >= 0.6 is 0 Å². The molecule has 42 heavy (non-hydrogen) atoms. The van der Waals surface area contributed by atoms with Crippen molar-refractivity contribution in [3.05, 3.63) is 64.6 Å². The summed E-state index contributed by atoms with van der Waals surface area (Å²) in [4.78, 5) is 44.3. The molecule has 0 aliphatic carbocycles. The summed E-state index contributed by atoms with van der Waals surface area (Å²) in [6.07, 6.45) is -10.2. The maximum absolute atomic E-state index is 13.2. The Morgan fingerprint density at radius 3 is 1.67 bits per heavy atom. The standard InChI is InChI=1S/C23H26N4O.2C2HF3O2/c1-15-5-6-22-19(11-15)14-21(18(4)25-22)23(28)27-9-7-26(8-10-27)20-12-16(2)24-17(3)13-20;2*3-2(4,5)1(6)7/h5-6,11-14H,7-10H2,1-4H3;2*(H,6,7). The Balaban J connectivity index is 0.000000367. The number of carboxylic acid groups (broad SMARTS) is 2. The zero-order valence-corrected chi connectivity index (χ0v) is 23.0. The molecule has 0 atom stereocenters. The molecule has 0 radical (unpaired) electrons. The third-order valence-electron chi connectivity index (χ3n) is 5.87. The number of rotatable bonds is 2. The van der Waals surface area contributed by atoms with Gasteiger partial charge in [0.1, 0.15) is 0 Å². The van der Waals surface area contributed by atoms with Crippen LogP contribution in [0.3, 0.4) is 0 Å². The first-order valence-electron chi connectivity index (χ1n) is 12.3. The number of anilines is 1. The Morgan fingerprint density at radius 2 is 1.21 bits per heavy atom. The second-order valence-electron chi connectivity index (χ2n) is 9.31. The van der Waals surface area contributed by atoms with Crippen LogP contribution in [0.1, 0.15) is 33.0 Å². The number of benzene rings is 1. The Kier molecular flexibility index (Phi) is 10.8. The monoisotopic (exact) mass is 602 g/mol. The summed E-state index contributed by atoms with van der Waals surface area (Å²) in [5.74, 6) is -5.44. The van der Waals surface area contributed by atoms with E-state index in [9.17, 15) is 31.1 Å². The van der Waals surface area contributed by atoms with Gasteiger partial charge in [-0.15, -0.1) is 0 Å². The van der Waals surface area contributed by atoms with Crippen molar-refractivity contribution in [3.63, 3.8) is 0 Å². The van der Waals surface area contributed by atoms with Crippen LogP contribution in [0.5, 0.6) is 0 Å². The minimum Gasteiger partial charge on any atom is -0.475 e. The zero-order chi connectivity index (χ0) is 32.0. The predicted molar refractivity (Wildman–Crippen MR) is 140 cm³/mol. The van der Waals surface area contributed by atoms with Crippen molar-refractivity contribution in [2.75, 3.05) is 31.1 Å². The predicted octanol–water partition coefficient (Wildman–Crippen LogP) is 5.09. The number of aromatic nitrogens is 2. The number of alkyl halides is 6. The molecule has 3 aromatic rings. The molecule has 0 saturated carbocycles. The number of hydrogen-bond donors (Lipinski definition) is 2. The van der Waals surface area contributed by atoms with Gasteiger partial charge in [0.15, 0.2) is 0 Å². The van der Waals surface area contributed by atoms with Gasteiger partial charge in [-0.3, -0.25) is 14.8 Å². The van der Waals surface area contributed by atoms with E-state index in [1.807, 2.05) is 37.8 Å². The Bertz CT molecular complexity index is 1410. The molecular formula is C27H28F6N4O5. The normalized spacial score (nSPS) is 13.5. The van der Waals surface area contributed by atoms with Crippen LogP contribution in [0.2, 0.25) is 0 Å². The van der Waals surface area contributed by atoms with Gasteiger partial charge in [-0.25, -0.2) is 9.59 Å². The first kappa shape index (κ1) is 33.8. The van der Waals surface area contributed by atoms with Crippen molar-refractivity contribution in [2.45, 2.75) is 40.0 Å². The van der Waals surface area contributed by atoms with Crippen molar-refractivity contribution in [1.82, 2.24) is 14.9 Å². The van der Waals surface area contributed by atoms with E-state index in [2.05, 4.69) is 46.1 Å². The van der Waals surface area contributed by atoms with E-state index in [-0.39, 0.29) is 5.91 Å². The van der Waals surface area contributed by atoms with Crippen LogP contribution < -0.4 is 4.90 Å². The van der Waals surface area contributed by atoms with Gasteiger partial charge in [-0.1, -0.05) is 11.6 Å². The summed E-state index contributed by atoms with van der Waals surface area (Å²) in [7, 11) is 0. The van der Waals surface area contributed by atoms with Crippen molar-refractivity contribution in [3.8, 4) is 0 Å². The number of amides is 1. The number of carbonyl (C=O) groups is 3. The first-order chi connectivity index (χ1) is 19.3.